The van der Waals surface area contributed by atoms with Crippen molar-refractivity contribution in [3.8, 4) is 11.5 Å². The van der Waals surface area contributed by atoms with Crippen LogP contribution in [0.4, 0.5) is 10.5 Å². The Morgan fingerprint density at radius 1 is 1.48 bits per heavy atom. The summed E-state index contributed by atoms with van der Waals surface area (Å²) in [6, 6.07) is 3.40. The monoisotopic (exact) mass is 296 g/mol. The fraction of sp³-hybridized carbons (Fsp3) is 0.500. The Morgan fingerprint density at radius 3 is 2.67 bits per heavy atom. The average molecular weight is 296 g/mol. The highest BCUT2D eigenvalue weighted by Crippen LogP contribution is 2.45. The van der Waals surface area contributed by atoms with Crippen molar-refractivity contribution in [2.75, 3.05) is 19.5 Å². The zero-order chi connectivity index (χ0) is 15.8. The van der Waals surface area contributed by atoms with Gasteiger partial charge in [0.05, 0.1) is 12.8 Å². The van der Waals surface area contributed by atoms with E-state index in [2.05, 4.69) is 5.32 Å². The number of nitrogens with one attached hydrogen (secondary N) is 1. The van der Waals surface area contributed by atoms with Crippen LogP contribution in [0.2, 0.25) is 0 Å². The number of rotatable bonds is 3. The van der Waals surface area contributed by atoms with Gasteiger partial charge in [0.25, 0.3) is 0 Å². The summed E-state index contributed by atoms with van der Waals surface area (Å²) >= 11 is 0. The highest BCUT2D eigenvalue weighted by Gasteiger charge is 2.45. The van der Waals surface area contributed by atoms with E-state index in [1.165, 1.54) is 7.11 Å². The van der Waals surface area contributed by atoms with Gasteiger partial charge in [-0.2, -0.15) is 0 Å². The molecule has 0 bridgehead atoms. The van der Waals surface area contributed by atoms with E-state index in [1.807, 2.05) is 0 Å². The number of primary amides is 1. The third-order valence-electron chi connectivity index (χ3n) is 3.52. The molecule has 7 nitrogen and oxygen atoms in total. The van der Waals surface area contributed by atoms with Gasteiger partial charge in [-0.25, -0.2) is 4.79 Å². The van der Waals surface area contributed by atoms with Crippen LogP contribution in [-0.2, 0) is 4.74 Å². The van der Waals surface area contributed by atoms with Crippen LogP contribution < -0.4 is 20.5 Å². The normalized spacial score (nSPS) is 22.7. The maximum absolute atomic E-state index is 11.1. The van der Waals surface area contributed by atoms with Crippen LogP contribution in [0.15, 0.2) is 12.1 Å². The largest absolute Gasteiger partial charge is 0.495 e. The van der Waals surface area contributed by atoms with Crippen molar-refractivity contribution in [2.45, 2.75) is 31.7 Å². The number of methoxy groups -OCH3 is 1. The Morgan fingerprint density at radius 2 is 2.14 bits per heavy atom. The maximum atomic E-state index is 11.1. The summed E-state index contributed by atoms with van der Waals surface area (Å²) in [5.74, 6) is 1.05. The second kappa shape index (κ2) is 5.33. The van der Waals surface area contributed by atoms with Crippen molar-refractivity contribution in [2.24, 2.45) is 5.73 Å². The van der Waals surface area contributed by atoms with Crippen molar-refractivity contribution < 1.29 is 24.1 Å². The molecule has 0 aromatic heterocycles. The minimum absolute atomic E-state index is 0.502. The average Bonchev–Trinajstić information content (AvgIpc) is 2.42. The van der Waals surface area contributed by atoms with Crippen LogP contribution >= 0.6 is 0 Å². The number of nitrogens with two attached hydrogens (primary N) is 1. The van der Waals surface area contributed by atoms with Crippen molar-refractivity contribution in [1.82, 2.24) is 0 Å². The number of ether oxygens (including phenoxy) is 3. The van der Waals surface area contributed by atoms with Crippen LogP contribution in [0.3, 0.4) is 0 Å². The van der Waals surface area contributed by atoms with Crippen LogP contribution in [0, 0.1) is 0 Å². The molecule has 4 N–H and O–H groups in total. The number of carbonyl (C=O) groups is 1. The van der Waals surface area contributed by atoms with Crippen LogP contribution in [-0.4, -0.2) is 37.1 Å². The standard InChI is InChI=1S/C14H20N2O5/c1-14(2)12(17)11(20-13(15)18)7-5-10(19-4)8(16-3)6-9(7)21-14/h5-6,11-12,16-17H,1-4H3,(H2,15,18). The van der Waals surface area contributed by atoms with E-state index < -0.39 is 23.9 Å². The molecule has 1 aromatic carbocycles. The molecular formula is C14H20N2O5. The van der Waals surface area contributed by atoms with Gasteiger partial charge in [-0.1, -0.05) is 0 Å². The van der Waals surface area contributed by atoms with E-state index in [4.69, 9.17) is 19.9 Å². The predicted octanol–water partition coefficient (Wildman–Crippen LogP) is 1.41. The Hall–Kier alpha value is -2.15. The Bertz CT molecular complexity index is 559. The van der Waals surface area contributed by atoms with Gasteiger partial charge >= 0.3 is 6.09 Å². The summed E-state index contributed by atoms with van der Waals surface area (Å²) in [6.07, 6.45) is -2.93. The van der Waals surface area contributed by atoms with E-state index in [-0.39, 0.29) is 0 Å². The second-order valence-electron chi connectivity index (χ2n) is 5.35. The molecule has 21 heavy (non-hydrogen) atoms. The first-order valence-corrected chi connectivity index (χ1v) is 6.53. The molecule has 7 heteroatoms. The van der Waals surface area contributed by atoms with E-state index in [1.54, 1.807) is 33.0 Å². The Kier molecular flexibility index (Phi) is 3.87. The second-order valence-corrected chi connectivity index (χ2v) is 5.35. The molecule has 1 heterocycles. The number of aliphatic hydroxyl groups excluding tert-OH is 1. The number of aliphatic hydroxyl groups is 1. The lowest BCUT2D eigenvalue weighted by Crippen LogP contribution is -2.50. The molecular weight excluding hydrogens is 276 g/mol. The Labute approximate surface area is 123 Å². The summed E-state index contributed by atoms with van der Waals surface area (Å²) in [5, 5.41) is 13.4. The molecule has 0 saturated carbocycles. The van der Waals surface area contributed by atoms with Gasteiger partial charge in [0.15, 0.2) is 6.10 Å². The topological polar surface area (TPSA) is 103 Å². The SMILES string of the molecule is CNc1cc2c(cc1OC)C(OC(N)=O)C(O)C(C)(C)O2. The fourth-order valence-corrected chi connectivity index (χ4v) is 2.38. The van der Waals surface area contributed by atoms with Gasteiger partial charge in [0, 0.05) is 18.7 Å². The highest BCUT2D eigenvalue weighted by atomic mass is 16.6. The minimum atomic E-state index is -1.05. The number of anilines is 1. The molecule has 2 rings (SSSR count). The smallest absolute Gasteiger partial charge is 0.405 e. The van der Waals surface area contributed by atoms with Crippen molar-refractivity contribution in [1.29, 1.82) is 0 Å². The molecule has 2 unspecified atom stereocenters. The quantitative estimate of drug-likeness (QED) is 0.779. The van der Waals surface area contributed by atoms with Gasteiger partial charge in [-0.05, 0) is 19.9 Å². The first-order valence-electron chi connectivity index (χ1n) is 6.53. The maximum Gasteiger partial charge on any atom is 0.405 e. The number of hydrogen-bond acceptors (Lipinski definition) is 6. The molecule has 0 aliphatic carbocycles. The van der Waals surface area contributed by atoms with E-state index in [0.29, 0.717) is 17.1 Å². The molecule has 0 spiro atoms. The lowest BCUT2D eigenvalue weighted by Gasteiger charge is -2.41. The zero-order valence-corrected chi connectivity index (χ0v) is 12.5. The first kappa shape index (κ1) is 15.2. The first-order chi connectivity index (χ1) is 9.80. The molecule has 1 aliphatic heterocycles. The third kappa shape index (κ3) is 2.69. The van der Waals surface area contributed by atoms with Gasteiger partial charge in [-0.15, -0.1) is 0 Å². The number of fused-ring (bicyclic) bond motifs is 1. The predicted molar refractivity (Wildman–Crippen MR) is 76.7 cm³/mol. The van der Waals surface area contributed by atoms with Gasteiger partial charge < -0.3 is 30.4 Å². The molecule has 1 aliphatic rings. The van der Waals surface area contributed by atoms with E-state index in [9.17, 15) is 9.90 Å². The van der Waals surface area contributed by atoms with Gasteiger partial charge in [0.2, 0.25) is 0 Å². The zero-order valence-electron chi connectivity index (χ0n) is 12.5. The highest BCUT2D eigenvalue weighted by molar-refractivity contribution is 5.67. The van der Waals surface area contributed by atoms with Crippen LogP contribution in [0.25, 0.3) is 0 Å². The molecule has 1 aromatic rings. The number of carbonyl (C=O) groups excluding carboxylic acids is 1. The number of hydrogen-bond donors (Lipinski definition) is 3. The van der Waals surface area contributed by atoms with Crippen molar-refractivity contribution >= 4 is 11.8 Å². The summed E-state index contributed by atoms with van der Waals surface area (Å²) in [7, 11) is 3.28. The summed E-state index contributed by atoms with van der Waals surface area (Å²) < 4.78 is 16.2. The molecule has 2 atom stereocenters. The minimum Gasteiger partial charge on any atom is -0.495 e. The summed E-state index contributed by atoms with van der Waals surface area (Å²) in [6.45, 7) is 3.42. The van der Waals surface area contributed by atoms with Gasteiger partial charge in [-0.3, -0.25) is 0 Å². The summed E-state index contributed by atoms with van der Waals surface area (Å²) in [4.78, 5) is 11.1. The molecule has 1 amide bonds. The number of benzene rings is 1. The van der Waals surface area contributed by atoms with E-state index in [0.717, 1.165) is 5.69 Å². The van der Waals surface area contributed by atoms with Gasteiger partial charge in [0.1, 0.15) is 23.2 Å². The van der Waals surface area contributed by atoms with Crippen LogP contribution in [0.5, 0.6) is 11.5 Å². The lowest BCUT2D eigenvalue weighted by molar-refractivity contribution is -0.112. The van der Waals surface area contributed by atoms with E-state index >= 15 is 0 Å². The molecule has 116 valence electrons. The summed E-state index contributed by atoms with van der Waals surface area (Å²) in [5.41, 5.74) is 5.41. The van der Waals surface area contributed by atoms with Crippen molar-refractivity contribution in [3.63, 3.8) is 0 Å². The molecule has 0 fully saturated rings. The molecule has 0 radical (unpaired) electrons. The molecule has 0 saturated heterocycles. The third-order valence-corrected chi connectivity index (χ3v) is 3.52. The lowest BCUT2D eigenvalue weighted by atomic mass is 9.88. The van der Waals surface area contributed by atoms with Crippen LogP contribution in [0.1, 0.15) is 25.5 Å². The Balaban J connectivity index is 2.56. The van der Waals surface area contributed by atoms with Crippen molar-refractivity contribution in [3.05, 3.63) is 17.7 Å². The number of amides is 1. The fourth-order valence-electron chi connectivity index (χ4n) is 2.38.